The van der Waals surface area contributed by atoms with E-state index in [4.69, 9.17) is 5.73 Å². The van der Waals surface area contributed by atoms with E-state index in [2.05, 4.69) is 15.1 Å². The maximum absolute atomic E-state index is 12.9. The van der Waals surface area contributed by atoms with Crippen molar-refractivity contribution >= 4 is 11.8 Å². The fourth-order valence-electron chi connectivity index (χ4n) is 1.77. The van der Waals surface area contributed by atoms with Crippen molar-refractivity contribution in [3.05, 3.63) is 23.7 Å². The molecule has 2 aromatic heterocycles. The lowest BCUT2D eigenvalue weighted by atomic mass is 10.1. The molecule has 2 N–H and O–H groups in total. The molecule has 2 heterocycles. The molecule has 0 saturated carbocycles. The summed E-state index contributed by atoms with van der Waals surface area (Å²) >= 11 is 1.10. The van der Waals surface area contributed by atoms with Crippen molar-refractivity contribution in [1.82, 2.24) is 19.7 Å². The van der Waals surface area contributed by atoms with Crippen molar-refractivity contribution in [2.75, 3.05) is 12.3 Å². The highest BCUT2D eigenvalue weighted by Crippen LogP contribution is 2.32. The van der Waals surface area contributed by atoms with E-state index in [1.54, 1.807) is 20.2 Å². The summed E-state index contributed by atoms with van der Waals surface area (Å²) in [6.07, 6.45) is -2.89. The van der Waals surface area contributed by atoms with Gasteiger partial charge in [-0.25, -0.2) is 9.97 Å². The maximum atomic E-state index is 12.9. The fraction of sp³-hybridized carbons (Fsp3) is 0.417. The van der Waals surface area contributed by atoms with Crippen molar-refractivity contribution in [3.63, 3.8) is 0 Å². The van der Waals surface area contributed by atoms with Gasteiger partial charge in [-0.15, -0.1) is 0 Å². The molecule has 0 spiro atoms. The summed E-state index contributed by atoms with van der Waals surface area (Å²) in [5.41, 5.74) is 5.78. The summed E-state index contributed by atoms with van der Waals surface area (Å²) in [5.74, 6) is 0.451. The van der Waals surface area contributed by atoms with E-state index in [9.17, 15) is 13.2 Å². The molecule has 0 bridgehead atoms. The second kappa shape index (κ2) is 6.02. The Morgan fingerprint density at radius 1 is 1.33 bits per heavy atom. The number of rotatable bonds is 4. The lowest BCUT2D eigenvalue weighted by Crippen LogP contribution is -2.11. The molecule has 0 aromatic carbocycles. The summed E-state index contributed by atoms with van der Waals surface area (Å²) in [7, 11) is 1.70. The summed E-state index contributed by atoms with van der Waals surface area (Å²) in [4.78, 5) is 7.72. The Labute approximate surface area is 123 Å². The van der Waals surface area contributed by atoms with E-state index in [0.29, 0.717) is 23.6 Å². The quantitative estimate of drug-likeness (QED) is 0.692. The average molecular weight is 317 g/mol. The Balaban J connectivity index is 2.51. The highest BCUT2D eigenvalue weighted by molar-refractivity contribution is 7.99. The van der Waals surface area contributed by atoms with Gasteiger partial charge >= 0.3 is 6.18 Å². The van der Waals surface area contributed by atoms with Gasteiger partial charge in [0.2, 0.25) is 0 Å². The van der Waals surface area contributed by atoms with Crippen LogP contribution in [-0.4, -0.2) is 32.0 Å². The molecule has 2 aromatic rings. The van der Waals surface area contributed by atoms with Crippen LogP contribution in [0, 0.1) is 6.92 Å². The third kappa shape index (κ3) is 3.73. The number of hydrogen-bond acceptors (Lipinski definition) is 5. The number of alkyl halides is 3. The van der Waals surface area contributed by atoms with Crippen LogP contribution in [0.2, 0.25) is 0 Å². The molecule has 21 heavy (non-hydrogen) atoms. The van der Waals surface area contributed by atoms with Gasteiger partial charge in [0.1, 0.15) is 5.69 Å². The number of nitrogens with two attached hydrogens (primary N) is 1. The number of halogens is 3. The van der Waals surface area contributed by atoms with Crippen LogP contribution in [0.3, 0.4) is 0 Å². The topological polar surface area (TPSA) is 69.6 Å². The van der Waals surface area contributed by atoms with Gasteiger partial charge in [-0.3, -0.25) is 4.68 Å². The fourth-order valence-corrected chi connectivity index (χ4v) is 2.40. The minimum Gasteiger partial charge on any atom is -0.330 e. The first kappa shape index (κ1) is 15.8. The first-order valence-corrected chi connectivity index (χ1v) is 7.09. The Hall–Kier alpha value is -1.61. The third-order valence-corrected chi connectivity index (χ3v) is 3.52. The van der Waals surface area contributed by atoms with Crippen LogP contribution in [0.5, 0.6) is 0 Å². The van der Waals surface area contributed by atoms with Crippen LogP contribution in [-0.2, 0) is 13.2 Å². The van der Waals surface area contributed by atoms with Crippen molar-refractivity contribution in [2.24, 2.45) is 12.8 Å². The number of aromatic nitrogens is 4. The van der Waals surface area contributed by atoms with Gasteiger partial charge in [-0.1, -0.05) is 11.8 Å². The minimum atomic E-state index is -4.52. The molecule has 0 atom stereocenters. The average Bonchev–Trinajstić information content (AvgIpc) is 2.74. The lowest BCUT2D eigenvalue weighted by molar-refractivity contribution is -0.141. The molecule has 0 aliphatic heterocycles. The van der Waals surface area contributed by atoms with Gasteiger partial charge in [0, 0.05) is 31.1 Å². The Morgan fingerprint density at radius 3 is 2.57 bits per heavy atom. The lowest BCUT2D eigenvalue weighted by Gasteiger charge is -2.09. The molecule has 114 valence electrons. The number of hydrogen-bond donors (Lipinski definition) is 1. The van der Waals surface area contributed by atoms with Crippen LogP contribution < -0.4 is 5.73 Å². The van der Waals surface area contributed by atoms with Gasteiger partial charge in [0.25, 0.3) is 0 Å². The third-order valence-electron chi connectivity index (χ3n) is 2.63. The van der Waals surface area contributed by atoms with Crippen molar-refractivity contribution < 1.29 is 13.2 Å². The SMILES string of the molecule is Cc1nn(C)cc1-c1cc(C(F)(F)F)nc(SCCN)n1. The number of nitrogens with zero attached hydrogens (tertiary/aromatic N) is 4. The van der Waals surface area contributed by atoms with Gasteiger partial charge in [0.05, 0.1) is 11.4 Å². The highest BCUT2D eigenvalue weighted by atomic mass is 32.2. The van der Waals surface area contributed by atoms with E-state index in [0.717, 1.165) is 17.8 Å². The monoisotopic (exact) mass is 317 g/mol. The smallest absolute Gasteiger partial charge is 0.330 e. The number of aryl methyl sites for hydroxylation is 2. The Morgan fingerprint density at radius 2 is 2.05 bits per heavy atom. The molecule has 0 saturated heterocycles. The van der Waals surface area contributed by atoms with Gasteiger partial charge in [-0.05, 0) is 13.0 Å². The Bertz CT molecular complexity index is 638. The summed E-state index contributed by atoms with van der Waals surface area (Å²) in [5, 5.41) is 4.18. The second-order valence-electron chi connectivity index (χ2n) is 4.36. The number of thioether (sulfide) groups is 1. The molecular weight excluding hydrogens is 303 g/mol. The highest BCUT2D eigenvalue weighted by Gasteiger charge is 2.34. The molecule has 0 amide bonds. The van der Waals surface area contributed by atoms with Gasteiger partial charge < -0.3 is 5.73 Å². The minimum absolute atomic E-state index is 0.0635. The van der Waals surface area contributed by atoms with E-state index in [-0.39, 0.29) is 10.9 Å². The molecule has 0 radical (unpaired) electrons. The molecule has 5 nitrogen and oxygen atoms in total. The van der Waals surface area contributed by atoms with Crippen LogP contribution in [0.15, 0.2) is 17.4 Å². The normalized spacial score (nSPS) is 11.9. The van der Waals surface area contributed by atoms with E-state index >= 15 is 0 Å². The molecule has 0 aliphatic rings. The zero-order valence-corrected chi connectivity index (χ0v) is 12.3. The summed E-state index contributed by atoms with van der Waals surface area (Å²) in [6, 6.07) is 0.941. The van der Waals surface area contributed by atoms with E-state index in [1.807, 2.05) is 0 Å². The molecule has 0 fully saturated rings. The van der Waals surface area contributed by atoms with Gasteiger partial charge in [0.15, 0.2) is 5.16 Å². The van der Waals surface area contributed by atoms with Crippen LogP contribution in [0.4, 0.5) is 13.2 Å². The predicted molar refractivity (Wildman–Crippen MR) is 73.8 cm³/mol. The zero-order chi connectivity index (χ0) is 15.6. The summed E-state index contributed by atoms with van der Waals surface area (Å²) < 4.78 is 40.4. The van der Waals surface area contributed by atoms with Crippen LogP contribution in [0.1, 0.15) is 11.4 Å². The van der Waals surface area contributed by atoms with Crippen molar-refractivity contribution in [3.8, 4) is 11.3 Å². The van der Waals surface area contributed by atoms with E-state index < -0.39 is 11.9 Å². The largest absolute Gasteiger partial charge is 0.433 e. The molecule has 0 unspecified atom stereocenters. The summed E-state index contributed by atoms with van der Waals surface area (Å²) in [6.45, 7) is 2.06. The van der Waals surface area contributed by atoms with Crippen LogP contribution >= 0.6 is 11.8 Å². The predicted octanol–water partition coefficient (Wildman–Crippen LogP) is 2.26. The second-order valence-corrected chi connectivity index (χ2v) is 5.42. The maximum Gasteiger partial charge on any atom is 0.433 e. The Kier molecular flexibility index (Phi) is 4.52. The van der Waals surface area contributed by atoms with E-state index in [1.165, 1.54) is 4.68 Å². The zero-order valence-electron chi connectivity index (χ0n) is 11.5. The molecule has 2 rings (SSSR count). The molecule has 9 heteroatoms. The van der Waals surface area contributed by atoms with Gasteiger partial charge in [-0.2, -0.15) is 18.3 Å². The standard InChI is InChI=1S/C12H14F3N5S/c1-7-8(6-20(2)19-7)9-5-10(12(13,14)15)18-11(17-9)21-4-3-16/h5-6H,3-4,16H2,1-2H3. The first-order valence-electron chi connectivity index (χ1n) is 6.11. The molecule has 0 aliphatic carbocycles. The van der Waals surface area contributed by atoms with Crippen molar-refractivity contribution in [2.45, 2.75) is 18.3 Å². The van der Waals surface area contributed by atoms with Crippen molar-refractivity contribution in [1.29, 1.82) is 0 Å². The van der Waals surface area contributed by atoms with Crippen LogP contribution in [0.25, 0.3) is 11.3 Å². The first-order chi connectivity index (χ1) is 9.81. The molecular formula is C12H14F3N5S.